The highest BCUT2D eigenvalue weighted by atomic mass is 79.9. The molecular formula is C14H12BrN3O2S. The van der Waals surface area contributed by atoms with Crippen LogP contribution in [0.25, 0.3) is 11.3 Å². The second-order valence-electron chi connectivity index (χ2n) is 4.18. The number of hydrogen-bond donors (Lipinski definition) is 1. The summed E-state index contributed by atoms with van der Waals surface area (Å²) in [6, 6.07) is 5.66. The lowest BCUT2D eigenvalue weighted by atomic mass is 10.0. The molecule has 1 N–H and O–H groups in total. The lowest BCUT2D eigenvalue weighted by molar-refractivity contribution is 0.413. The third-order valence-electron chi connectivity index (χ3n) is 2.96. The van der Waals surface area contributed by atoms with Crippen LogP contribution in [0, 0.1) is 18.3 Å². The van der Waals surface area contributed by atoms with Crippen LogP contribution < -0.4 is 10.3 Å². The van der Waals surface area contributed by atoms with Crippen LogP contribution in [-0.4, -0.2) is 23.3 Å². The molecule has 0 amide bonds. The first-order valence-electron chi connectivity index (χ1n) is 5.95. The number of thioether (sulfide) groups is 1. The minimum absolute atomic E-state index is 0.0210. The molecule has 5 nitrogen and oxygen atoms in total. The molecule has 0 radical (unpaired) electrons. The number of aromatic amines is 1. The molecule has 0 spiro atoms. The van der Waals surface area contributed by atoms with Gasteiger partial charge in [0.15, 0.2) is 5.16 Å². The number of halogens is 1. The Morgan fingerprint density at radius 2 is 2.19 bits per heavy atom. The van der Waals surface area contributed by atoms with E-state index in [1.807, 2.05) is 25.1 Å². The van der Waals surface area contributed by atoms with Gasteiger partial charge in [0.2, 0.25) is 0 Å². The molecule has 2 aromatic rings. The van der Waals surface area contributed by atoms with E-state index in [1.54, 1.807) is 6.26 Å². The lowest BCUT2D eigenvalue weighted by Gasteiger charge is -2.14. The molecule has 0 bridgehead atoms. The van der Waals surface area contributed by atoms with Crippen molar-refractivity contribution >= 4 is 27.7 Å². The molecule has 0 fully saturated rings. The monoisotopic (exact) mass is 365 g/mol. The van der Waals surface area contributed by atoms with Gasteiger partial charge >= 0.3 is 0 Å². The molecule has 0 atom stereocenters. The molecule has 0 saturated heterocycles. The highest BCUT2D eigenvalue weighted by Crippen LogP contribution is 2.38. The van der Waals surface area contributed by atoms with E-state index < -0.39 is 5.56 Å². The Kier molecular flexibility index (Phi) is 4.70. The average Bonchev–Trinajstić information content (AvgIpc) is 2.48. The SMILES string of the molecule is COc1c(Br)ccc(C)c1-c1nc(SC)[nH]c(=O)c1C#N. The number of aromatic nitrogens is 2. The molecule has 0 aliphatic rings. The molecular weight excluding hydrogens is 354 g/mol. The topological polar surface area (TPSA) is 78.8 Å². The van der Waals surface area contributed by atoms with Crippen LogP contribution in [0.15, 0.2) is 26.6 Å². The summed E-state index contributed by atoms with van der Waals surface area (Å²) in [6.45, 7) is 1.88. The summed E-state index contributed by atoms with van der Waals surface area (Å²) < 4.78 is 6.15. The van der Waals surface area contributed by atoms with Crippen molar-refractivity contribution in [1.29, 1.82) is 5.26 Å². The second-order valence-corrected chi connectivity index (χ2v) is 5.83. The maximum absolute atomic E-state index is 12.0. The number of nitriles is 1. The molecule has 2 rings (SSSR count). The number of nitrogens with one attached hydrogen (secondary N) is 1. The van der Waals surface area contributed by atoms with Crippen LogP contribution in [0.3, 0.4) is 0 Å². The number of rotatable bonds is 3. The van der Waals surface area contributed by atoms with E-state index in [4.69, 9.17) is 4.74 Å². The highest BCUT2D eigenvalue weighted by molar-refractivity contribution is 9.10. The molecule has 0 saturated carbocycles. The third-order valence-corrected chi connectivity index (χ3v) is 4.17. The van der Waals surface area contributed by atoms with E-state index >= 15 is 0 Å². The quantitative estimate of drug-likeness (QED) is 0.667. The standard InChI is InChI=1S/C14H12BrN3O2S/c1-7-4-5-9(15)12(20-2)10(7)11-8(6-16)13(19)18-14(17-11)21-3/h4-5H,1-3H3,(H,17,18,19). The summed E-state index contributed by atoms with van der Waals surface area (Å²) in [5, 5.41) is 9.73. The van der Waals surface area contributed by atoms with Crippen LogP contribution in [-0.2, 0) is 0 Å². The number of nitrogens with zero attached hydrogens (tertiary/aromatic N) is 2. The zero-order valence-electron chi connectivity index (χ0n) is 11.7. The van der Waals surface area contributed by atoms with Gasteiger partial charge in [-0.25, -0.2) is 4.98 Å². The average molecular weight is 366 g/mol. The van der Waals surface area contributed by atoms with Gasteiger partial charge in [0.25, 0.3) is 5.56 Å². The van der Waals surface area contributed by atoms with Crippen LogP contribution in [0.1, 0.15) is 11.1 Å². The molecule has 1 aromatic carbocycles. The van der Waals surface area contributed by atoms with Gasteiger partial charge in [0.1, 0.15) is 23.1 Å². The van der Waals surface area contributed by atoms with Crippen LogP contribution in [0.2, 0.25) is 0 Å². The normalized spacial score (nSPS) is 10.2. The maximum Gasteiger partial charge on any atom is 0.270 e. The van der Waals surface area contributed by atoms with Crippen molar-refractivity contribution in [3.05, 3.63) is 38.1 Å². The number of aryl methyl sites for hydroxylation is 1. The number of ether oxygens (including phenoxy) is 1. The van der Waals surface area contributed by atoms with Crippen molar-refractivity contribution in [2.75, 3.05) is 13.4 Å². The first-order chi connectivity index (χ1) is 10.0. The van der Waals surface area contributed by atoms with Crippen LogP contribution in [0.4, 0.5) is 0 Å². The van der Waals surface area contributed by atoms with Gasteiger partial charge in [-0.15, -0.1) is 0 Å². The molecule has 1 heterocycles. The Balaban J connectivity index is 2.91. The van der Waals surface area contributed by atoms with Crippen molar-refractivity contribution < 1.29 is 4.74 Å². The maximum atomic E-state index is 12.0. The molecule has 0 unspecified atom stereocenters. The summed E-state index contributed by atoms with van der Waals surface area (Å²) in [6.07, 6.45) is 1.80. The Bertz CT molecular complexity index is 796. The van der Waals surface area contributed by atoms with Gasteiger partial charge in [0.05, 0.1) is 11.6 Å². The Hall–Kier alpha value is -1.78. The van der Waals surface area contributed by atoms with Crippen molar-refractivity contribution in [2.24, 2.45) is 0 Å². The molecule has 21 heavy (non-hydrogen) atoms. The fourth-order valence-electron chi connectivity index (χ4n) is 1.98. The second kappa shape index (κ2) is 6.33. The Morgan fingerprint density at radius 1 is 1.48 bits per heavy atom. The molecule has 7 heteroatoms. The fraction of sp³-hybridized carbons (Fsp3) is 0.214. The number of methoxy groups -OCH3 is 1. The van der Waals surface area contributed by atoms with Crippen molar-refractivity contribution in [3.63, 3.8) is 0 Å². The number of H-pyrrole nitrogens is 1. The van der Waals surface area contributed by atoms with Crippen LogP contribution >= 0.6 is 27.7 Å². The first kappa shape index (κ1) is 15.6. The summed E-state index contributed by atoms with van der Waals surface area (Å²) in [7, 11) is 1.54. The predicted molar refractivity (Wildman–Crippen MR) is 85.8 cm³/mol. The minimum Gasteiger partial charge on any atom is -0.495 e. The Labute approximate surface area is 134 Å². The van der Waals surface area contributed by atoms with Gasteiger partial charge in [-0.2, -0.15) is 5.26 Å². The molecule has 108 valence electrons. The predicted octanol–water partition coefficient (Wildman–Crippen LogP) is 3.11. The summed E-state index contributed by atoms with van der Waals surface area (Å²) in [5.74, 6) is 0.552. The summed E-state index contributed by atoms with van der Waals surface area (Å²) >= 11 is 4.72. The van der Waals surface area contributed by atoms with Crippen molar-refractivity contribution in [1.82, 2.24) is 9.97 Å². The number of hydrogen-bond acceptors (Lipinski definition) is 5. The number of benzene rings is 1. The van der Waals surface area contributed by atoms with E-state index in [-0.39, 0.29) is 5.56 Å². The van der Waals surface area contributed by atoms with E-state index in [1.165, 1.54) is 18.9 Å². The largest absolute Gasteiger partial charge is 0.495 e. The van der Waals surface area contributed by atoms with Crippen molar-refractivity contribution in [3.8, 4) is 23.1 Å². The van der Waals surface area contributed by atoms with Gasteiger partial charge in [-0.1, -0.05) is 17.8 Å². The summed E-state index contributed by atoms with van der Waals surface area (Å²) in [5.41, 5.74) is 1.38. The van der Waals surface area contributed by atoms with Crippen molar-refractivity contribution in [2.45, 2.75) is 12.1 Å². The van der Waals surface area contributed by atoms with E-state index in [0.717, 1.165) is 10.0 Å². The zero-order chi connectivity index (χ0) is 15.6. The molecule has 1 aromatic heterocycles. The van der Waals surface area contributed by atoms with E-state index in [2.05, 4.69) is 25.9 Å². The van der Waals surface area contributed by atoms with E-state index in [0.29, 0.717) is 22.2 Å². The Morgan fingerprint density at radius 3 is 2.76 bits per heavy atom. The minimum atomic E-state index is -0.451. The fourth-order valence-corrected chi connectivity index (χ4v) is 2.85. The molecule has 0 aliphatic heterocycles. The lowest BCUT2D eigenvalue weighted by Crippen LogP contribution is -2.15. The van der Waals surface area contributed by atoms with Gasteiger partial charge < -0.3 is 9.72 Å². The smallest absolute Gasteiger partial charge is 0.270 e. The molecule has 0 aliphatic carbocycles. The highest BCUT2D eigenvalue weighted by Gasteiger charge is 2.20. The summed E-state index contributed by atoms with van der Waals surface area (Å²) in [4.78, 5) is 19.0. The van der Waals surface area contributed by atoms with Crippen LogP contribution in [0.5, 0.6) is 5.75 Å². The van der Waals surface area contributed by atoms with Gasteiger partial charge in [0, 0.05) is 5.56 Å². The zero-order valence-corrected chi connectivity index (χ0v) is 14.1. The van der Waals surface area contributed by atoms with E-state index in [9.17, 15) is 10.1 Å². The third kappa shape index (κ3) is 2.82. The van der Waals surface area contributed by atoms with Gasteiger partial charge in [-0.3, -0.25) is 4.79 Å². The first-order valence-corrected chi connectivity index (χ1v) is 7.97. The van der Waals surface area contributed by atoms with Gasteiger partial charge in [-0.05, 0) is 40.7 Å².